The molecule has 5 heteroatoms. The Hall–Kier alpha value is -0.973. The van der Waals surface area contributed by atoms with Crippen molar-refractivity contribution in [3.63, 3.8) is 0 Å². The molecule has 0 amide bonds. The molecule has 2 saturated carbocycles. The zero-order chi connectivity index (χ0) is 18.7. The third-order valence-corrected chi connectivity index (χ3v) is 7.07. The monoisotopic (exact) mass is 381 g/mol. The van der Waals surface area contributed by atoms with Crippen molar-refractivity contribution in [1.29, 1.82) is 0 Å². The number of halogens is 3. The minimum atomic E-state index is -3.24. The van der Waals surface area contributed by atoms with Gasteiger partial charge in [-0.1, -0.05) is 25.0 Å². The van der Waals surface area contributed by atoms with Gasteiger partial charge in [0.25, 0.3) is 0 Å². The van der Waals surface area contributed by atoms with E-state index in [2.05, 4.69) is 10.2 Å². The third-order valence-electron chi connectivity index (χ3n) is 6.49. The molecule has 2 aliphatic carbocycles. The normalized spacial score (nSPS) is 30.2. The van der Waals surface area contributed by atoms with E-state index in [1.807, 2.05) is 0 Å². The predicted molar refractivity (Wildman–Crippen MR) is 98.2 cm³/mol. The van der Waals surface area contributed by atoms with Crippen molar-refractivity contribution < 1.29 is 17.9 Å². The first-order valence-corrected chi connectivity index (χ1v) is 10.6. The second-order valence-corrected chi connectivity index (χ2v) is 8.58. The van der Waals surface area contributed by atoms with E-state index in [1.165, 1.54) is 37.8 Å². The fourth-order valence-electron chi connectivity index (χ4n) is 4.67. The Morgan fingerprint density at radius 3 is 2.12 bits per heavy atom. The molecule has 0 spiro atoms. The standard InChI is InChI=1S/C21H28F3OSi/c1-14-2-11-19(12-20(14)22)25-21(23,24)18-9-7-17(8-10-18)16-5-3-15(13-26)4-6-16/h2,11-12,15-18H,3-10,13H2,1H3. The van der Waals surface area contributed by atoms with E-state index in [4.69, 9.17) is 4.74 Å². The van der Waals surface area contributed by atoms with E-state index in [1.54, 1.807) is 6.92 Å². The number of hydrogen-bond acceptors (Lipinski definition) is 1. The summed E-state index contributed by atoms with van der Waals surface area (Å²) in [4.78, 5) is 0. The zero-order valence-electron chi connectivity index (χ0n) is 15.4. The van der Waals surface area contributed by atoms with Gasteiger partial charge in [0.15, 0.2) is 0 Å². The molecule has 0 atom stereocenters. The zero-order valence-corrected chi connectivity index (χ0v) is 16.4. The van der Waals surface area contributed by atoms with Crippen molar-refractivity contribution in [1.82, 2.24) is 0 Å². The maximum absolute atomic E-state index is 14.5. The molecular formula is C21H28F3OSi. The molecule has 0 bridgehead atoms. The maximum atomic E-state index is 14.5. The summed E-state index contributed by atoms with van der Waals surface area (Å²) in [5.74, 6) is 0.684. The topological polar surface area (TPSA) is 9.23 Å². The van der Waals surface area contributed by atoms with Crippen molar-refractivity contribution >= 4 is 10.2 Å². The van der Waals surface area contributed by atoms with Gasteiger partial charge in [0.2, 0.25) is 0 Å². The Morgan fingerprint density at radius 2 is 1.58 bits per heavy atom. The van der Waals surface area contributed by atoms with E-state index in [0.29, 0.717) is 30.2 Å². The van der Waals surface area contributed by atoms with Crippen LogP contribution in [-0.4, -0.2) is 16.4 Å². The number of benzene rings is 1. The maximum Gasteiger partial charge on any atom is 0.400 e. The van der Waals surface area contributed by atoms with Gasteiger partial charge in [-0.25, -0.2) is 4.39 Å². The minimum Gasteiger partial charge on any atom is -0.432 e. The van der Waals surface area contributed by atoms with Gasteiger partial charge in [-0.2, -0.15) is 8.78 Å². The molecule has 1 aromatic rings. The molecule has 3 rings (SSSR count). The Balaban J connectivity index is 1.52. The Morgan fingerprint density at radius 1 is 1.00 bits per heavy atom. The van der Waals surface area contributed by atoms with Crippen LogP contribution >= 0.6 is 0 Å². The van der Waals surface area contributed by atoms with Gasteiger partial charge in [0.1, 0.15) is 11.6 Å². The Kier molecular flexibility index (Phi) is 6.36. The largest absolute Gasteiger partial charge is 0.432 e. The van der Waals surface area contributed by atoms with Crippen LogP contribution in [0.1, 0.15) is 56.9 Å². The lowest BCUT2D eigenvalue weighted by molar-refractivity contribution is -0.224. The summed E-state index contributed by atoms with van der Waals surface area (Å²) in [6, 6.07) is 5.01. The van der Waals surface area contributed by atoms with Crippen molar-refractivity contribution in [2.45, 2.75) is 70.4 Å². The van der Waals surface area contributed by atoms with Crippen LogP contribution in [0.3, 0.4) is 0 Å². The van der Waals surface area contributed by atoms with Gasteiger partial charge in [-0.05, 0) is 74.8 Å². The summed E-state index contributed by atoms with van der Waals surface area (Å²) in [6.45, 7) is 1.60. The molecule has 26 heavy (non-hydrogen) atoms. The number of rotatable bonds is 5. The van der Waals surface area contributed by atoms with Crippen molar-refractivity contribution in [2.75, 3.05) is 0 Å². The third kappa shape index (κ3) is 4.65. The first-order chi connectivity index (χ1) is 12.4. The van der Waals surface area contributed by atoms with Crippen molar-refractivity contribution in [2.24, 2.45) is 23.7 Å². The number of alkyl halides is 2. The second kappa shape index (κ2) is 8.36. The lowest BCUT2D eigenvalue weighted by Gasteiger charge is -2.39. The van der Waals surface area contributed by atoms with Gasteiger partial charge < -0.3 is 4.74 Å². The van der Waals surface area contributed by atoms with Crippen LogP contribution in [0.25, 0.3) is 0 Å². The molecule has 0 heterocycles. The van der Waals surface area contributed by atoms with Gasteiger partial charge in [0, 0.05) is 16.3 Å². The van der Waals surface area contributed by atoms with Crippen molar-refractivity contribution in [3.05, 3.63) is 29.6 Å². The average molecular weight is 382 g/mol. The van der Waals surface area contributed by atoms with Crippen LogP contribution in [0.2, 0.25) is 6.04 Å². The first-order valence-electron chi connectivity index (χ1n) is 9.86. The van der Waals surface area contributed by atoms with Gasteiger partial charge in [-0.15, -0.1) is 0 Å². The van der Waals surface area contributed by atoms with E-state index < -0.39 is 17.8 Å². The Bertz CT molecular complexity index is 591. The van der Waals surface area contributed by atoms with Crippen molar-refractivity contribution in [3.8, 4) is 5.75 Å². The van der Waals surface area contributed by atoms with Gasteiger partial charge >= 0.3 is 6.11 Å². The molecular weight excluding hydrogens is 353 g/mol. The number of ether oxygens (including phenoxy) is 1. The molecule has 0 saturated heterocycles. The van der Waals surface area contributed by atoms with Crippen LogP contribution in [0.5, 0.6) is 5.75 Å². The smallest absolute Gasteiger partial charge is 0.400 e. The molecule has 0 unspecified atom stereocenters. The SMILES string of the molecule is Cc1ccc(OC(F)(F)C2CCC(C3CCC(C[Si])CC3)CC2)cc1F. The summed E-state index contributed by atoms with van der Waals surface area (Å²) < 4.78 is 47.6. The quantitative estimate of drug-likeness (QED) is 0.543. The first kappa shape index (κ1) is 19.8. The Labute approximate surface area is 158 Å². The molecule has 0 aliphatic heterocycles. The summed E-state index contributed by atoms with van der Waals surface area (Å²) in [5.41, 5.74) is 0.427. The fraction of sp³-hybridized carbons (Fsp3) is 0.714. The summed E-state index contributed by atoms with van der Waals surface area (Å²) in [5, 5.41) is 0. The summed E-state index contributed by atoms with van der Waals surface area (Å²) in [7, 11) is 3.62. The van der Waals surface area contributed by atoms with Crippen LogP contribution < -0.4 is 4.74 Å². The average Bonchev–Trinajstić information content (AvgIpc) is 2.65. The summed E-state index contributed by atoms with van der Waals surface area (Å²) in [6.07, 6.45) is 4.44. The second-order valence-electron chi connectivity index (χ2n) is 8.17. The van der Waals surface area contributed by atoms with E-state index in [9.17, 15) is 13.2 Å². The van der Waals surface area contributed by atoms with Gasteiger partial charge in [-0.3, -0.25) is 0 Å². The highest BCUT2D eigenvalue weighted by atomic mass is 28.1. The summed E-state index contributed by atoms with van der Waals surface area (Å²) >= 11 is 0. The molecule has 143 valence electrons. The minimum absolute atomic E-state index is 0.0897. The van der Waals surface area contributed by atoms with E-state index in [-0.39, 0.29) is 5.75 Å². The number of aryl methyl sites for hydroxylation is 1. The highest BCUT2D eigenvalue weighted by Crippen LogP contribution is 2.45. The molecule has 3 radical (unpaired) electrons. The van der Waals surface area contributed by atoms with Crippen LogP contribution in [0, 0.1) is 36.4 Å². The van der Waals surface area contributed by atoms with Crippen LogP contribution in [0.15, 0.2) is 18.2 Å². The molecule has 1 nitrogen and oxygen atoms in total. The predicted octanol–water partition coefficient (Wildman–Crippen LogP) is 6.31. The van der Waals surface area contributed by atoms with E-state index in [0.717, 1.165) is 30.9 Å². The molecule has 2 fully saturated rings. The molecule has 2 aliphatic rings. The van der Waals surface area contributed by atoms with Gasteiger partial charge in [0.05, 0.1) is 5.92 Å². The molecule has 0 N–H and O–H groups in total. The molecule has 1 aromatic carbocycles. The highest BCUT2D eigenvalue weighted by molar-refractivity contribution is 6.08. The lowest BCUT2D eigenvalue weighted by atomic mass is 9.69. The van der Waals surface area contributed by atoms with E-state index >= 15 is 0 Å². The van der Waals surface area contributed by atoms with Crippen LogP contribution in [-0.2, 0) is 0 Å². The fourth-order valence-corrected chi connectivity index (χ4v) is 5.08. The number of hydrogen-bond donors (Lipinski definition) is 0. The molecule has 0 aromatic heterocycles. The lowest BCUT2D eigenvalue weighted by Crippen LogP contribution is -2.38. The highest BCUT2D eigenvalue weighted by Gasteiger charge is 2.45. The van der Waals surface area contributed by atoms with Crippen LogP contribution in [0.4, 0.5) is 13.2 Å².